The van der Waals surface area contributed by atoms with Crippen molar-refractivity contribution in [3.05, 3.63) is 75.7 Å². The summed E-state index contributed by atoms with van der Waals surface area (Å²) in [7, 11) is 1.49. The molecule has 308 valence electrons. The van der Waals surface area contributed by atoms with E-state index < -0.39 is 58.9 Å². The van der Waals surface area contributed by atoms with E-state index in [1.54, 1.807) is 18.2 Å². The lowest BCUT2D eigenvalue weighted by Gasteiger charge is -2.39. The lowest BCUT2D eigenvalue weighted by molar-refractivity contribution is -0.157. The first-order chi connectivity index (χ1) is 27.3. The number of nitrogens with one attached hydrogen (secondary N) is 1. The summed E-state index contributed by atoms with van der Waals surface area (Å²) < 4.78 is 30.1. The molecule has 0 saturated carbocycles. The van der Waals surface area contributed by atoms with Gasteiger partial charge in [-0.2, -0.15) is 0 Å². The number of nitrogens with zero attached hydrogens (tertiary/aromatic N) is 1. The number of para-hydroxylation sites is 1. The molecule has 1 aliphatic carbocycles. The quantitative estimate of drug-likeness (QED) is 0.0924. The Morgan fingerprint density at radius 1 is 0.966 bits per heavy atom. The Hall–Kier alpha value is -5.73. The van der Waals surface area contributed by atoms with Crippen LogP contribution in [0.5, 0.6) is 17.2 Å². The van der Waals surface area contributed by atoms with E-state index in [1.165, 1.54) is 65.3 Å². The monoisotopic (exact) mass is 798 g/mol. The summed E-state index contributed by atoms with van der Waals surface area (Å²) in [5.74, 6) is -6.45. The minimum atomic E-state index is -2.02. The average molecular weight is 799 g/mol. The molecule has 2 aromatic rings. The third-order valence-electron chi connectivity index (χ3n) is 11.9. The molecule has 9 atom stereocenters. The molecule has 3 aliphatic heterocycles. The van der Waals surface area contributed by atoms with E-state index in [9.17, 15) is 34.5 Å². The van der Waals surface area contributed by atoms with Crippen molar-refractivity contribution in [2.24, 2.45) is 29.6 Å². The van der Waals surface area contributed by atoms with Gasteiger partial charge in [0.15, 0.2) is 11.3 Å². The number of rotatable bonds is 2. The normalized spacial score (nSPS) is 30.4. The van der Waals surface area contributed by atoms with E-state index in [0.717, 1.165) is 0 Å². The summed E-state index contributed by atoms with van der Waals surface area (Å²) in [5.41, 5.74) is -1.17. The fourth-order valence-corrected chi connectivity index (χ4v) is 8.03. The second-order valence-electron chi connectivity index (χ2n) is 15.7. The van der Waals surface area contributed by atoms with E-state index in [1.807, 2.05) is 34.6 Å². The summed E-state index contributed by atoms with van der Waals surface area (Å²) in [6.45, 7) is 15.3. The van der Waals surface area contributed by atoms with Gasteiger partial charge in [0.1, 0.15) is 40.3 Å². The maximum Gasteiger partial charge on any atom is 0.312 e. The number of ketones is 1. The Labute approximate surface area is 335 Å². The molecule has 3 heterocycles. The Bertz CT molecular complexity index is 2430. The van der Waals surface area contributed by atoms with Crippen LogP contribution in [0, 0.1) is 36.5 Å². The fraction of sp³-hybridized carbons (Fsp3) is 0.432. The van der Waals surface area contributed by atoms with Crippen LogP contribution in [0.2, 0.25) is 0 Å². The predicted molar refractivity (Wildman–Crippen MR) is 216 cm³/mol. The molecule has 4 aliphatic rings. The van der Waals surface area contributed by atoms with E-state index in [2.05, 4.69) is 10.3 Å². The number of fused-ring (bicyclic) bond motifs is 2. The smallest absolute Gasteiger partial charge is 0.312 e. The van der Waals surface area contributed by atoms with Crippen LogP contribution in [0.4, 0.5) is 5.69 Å². The van der Waals surface area contributed by atoms with Crippen LogP contribution in [0.25, 0.3) is 33.3 Å². The number of ether oxygens (including phenoxy) is 4. The number of hydrogen-bond donors (Lipinski definition) is 4. The van der Waals surface area contributed by atoms with Gasteiger partial charge < -0.3 is 44.0 Å². The van der Waals surface area contributed by atoms with E-state index >= 15 is 0 Å². The van der Waals surface area contributed by atoms with Crippen LogP contribution in [0.1, 0.15) is 71.3 Å². The number of amides is 1. The maximum absolute atomic E-state index is 14.6. The topological polar surface area (TPSA) is 204 Å². The van der Waals surface area contributed by atoms with Gasteiger partial charge in [-0.25, -0.2) is 4.98 Å². The van der Waals surface area contributed by atoms with Gasteiger partial charge in [0.25, 0.3) is 11.7 Å². The largest absolute Gasteiger partial charge is 0.507 e. The molecule has 1 amide bonds. The number of anilines is 1. The summed E-state index contributed by atoms with van der Waals surface area (Å²) >= 11 is 0. The van der Waals surface area contributed by atoms with Crippen LogP contribution >= 0.6 is 0 Å². The number of methoxy groups -OCH3 is 1. The van der Waals surface area contributed by atoms with Crippen LogP contribution in [0.3, 0.4) is 0 Å². The first-order valence-corrected chi connectivity index (χ1v) is 19.2. The van der Waals surface area contributed by atoms with Gasteiger partial charge in [-0.1, -0.05) is 58.9 Å². The van der Waals surface area contributed by atoms with Crippen molar-refractivity contribution in [1.29, 1.82) is 0 Å². The molecular formula is C44H50N2O12. The lowest BCUT2D eigenvalue weighted by Crippen LogP contribution is -2.43. The number of aromatic hydroxyl groups is 2. The number of phenols is 2. The standard InChI is InChI=1S/C44H50N2O12/c1-19-13-11-14-20(2)43(53)46-35-38(51)31-30(34-41(35)57-29-16-12-15-27(48)33(29)45-34)32-40(25(7)37(31)50)58-44(9,42(32)52)55-18-17-28(54-10)24(6)39(56-26(8)47)23(5)21(3)22(4)36(19)49/h11-19,21-24,28,36,39,48-50H,1-10H3,(H,46,53)/b13-11+,18-17+,20-14-/t19-,21+,22-,23+,24+,28-,36-,39-,44-/m0/s1. The Kier molecular flexibility index (Phi) is 11.5. The second kappa shape index (κ2) is 15.9. The van der Waals surface area contributed by atoms with Crippen molar-refractivity contribution in [2.45, 2.75) is 86.4 Å². The summed E-state index contributed by atoms with van der Waals surface area (Å²) in [6, 6.07) is 4.41. The van der Waals surface area contributed by atoms with Gasteiger partial charge in [0.05, 0.1) is 29.4 Å². The molecule has 14 heteroatoms. The number of aromatic nitrogens is 1. The van der Waals surface area contributed by atoms with Crippen molar-refractivity contribution in [1.82, 2.24) is 4.98 Å². The highest BCUT2D eigenvalue weighted by atomic mass is 16.7. The Balaban J connectivity index is 1.59. The molecule has 0 saturated heterocycles. The molecule has 4 N–H and O–H groups in total. The van der Waals surface area contributed by atoms with Gasteiger partial charge in [-0.3, -0.25) is 19.2 Å². The molecule has 2 aromatic carbocycles. The highest BCUT2D eigenvalue weighted by Crippen LogP contribution is 2.50. The molecule has 14 nitrogen and oxygen atoms in total. The van der Waals surface area contributed by atoms with Crippen molar-refractivity contribution in [3.63, 3.8) is 0 Å². The molecule has 4 bridgehead atoms. The molecule has 0 unspecified atom stereocenters. The van der Waals surface area contributed by atoms with Crippen molar-refractivity contribution < 1.29 is 53.1 Å². The summed E-state index contributed by atoms with van der Waals surface area (Å²) in [5, 5.41) is 36.1. The highest BCUT2D eigenvalue weighted by molar-refractivity contribution is 6.22. The number of aliphatic hydroxyl groups is 1. The number of hydrogen-bond acceptors (Lipinski definition) is 13. The van der Waals surface area contributed by atoms with Crippen LogP contribution in [-0.2, 0) is 23.8 Å². The number of Topliss-reactive ketones (excluding diaryl/α,β-unsaturated/α-hetero) is 1. The Morgan fingerprint density at radius 3 is 2.34 bits per heavy atom. The minimum absolute atomic E-state index is 0.00940. The number of esters is 1. The molecule has 0 fully saturated rings. The zero-order valence-corrected chi connectivity index (χ0v) is 34.2. The minimum Gasteiger partial charge on any atom is -0.507 e. The van der Waals surface area contributed by atoms with Crippen LogP contribution in [0.15, 0.2) is 63.6 Å². The number of phenolic OH excluding ortho intramolecular Hbond substituents is 2. The number of carbonyl (C=O) groups excluding carboxylic acids is 3. The SMILES string of the molecule is CO[C@H]1/C=C/O[C@@]2(C)Oc3c(C)c(O)c4c(=O)c(c5oc6cccc(O)c6nc-5c4c3C2=O)NC(=O)/C(C)=C\C=C\[C@H](C)[C@H](O)[C@@H](C)[C@@H](C)[C@@H](C)[C@H](OC(C)=O)[C@@H]1C. The molecule has 0 spiro atoms. The number of carbonyl (C=O) groups is 3. The van der Waals surface area contributed by atoms with Crippen LogP contribution in [-0.4, -0.2) is 69.2 Å². The molecule has 58 heavy (non-hydrogen) atoms. The first kappa shape index (κ1) is 41.9. The first-order valence-electron chi connectivity index (χ1n) is 19.2. The molecule has 0 aromatic heterocycles. The zero-order valence-electron chi connectivity index (χ0n) is 34.2. The van der Waals surface area contributed by atoms with E-state index in [-0.39, 0.29) is 90.9 Å². The highest BCUT2D eigenvalue weighted by Gasteiger charge is 2.50. The predicted octanol–water partition coefficient (Wildman–Crippen LogP) is 6.93. The number of aliphatic hydroxyl groups excluding tert-OH is 1. The van der Waals surface area contributed by atoms with E-state index in [4.69, 9.17) is 23.4 Å². The van der Waals surface area contributed by atoms with E-state index in [0.29, 0.717) is 0 Å². The van der Waals surface area contributed by atoms with Crippen molar-refractivity contribution in [2.75, 3.05) is 12.4 Å². The Morgan fingerprint density at radius 2 is 1.67 bits per heavy atom. The molecule has 0 radical (unpaired) electrons. The van der Waals surface area contributed by atoms with Crippen LogP contribution < -0.4 is 15.5 Å². The van der Waals surface area contributed by atoms with Gasteiger partial charge in [-0.05, 0) is 49.8 Å². The van der Waals surface area contributed by atoms with Crippen molar-refractivity contribution >= 4 is 45.2 Å². The molecular weight excluding hydrogens is 748 g/mol. The fourth-order valence-electron chi connectivity index (χ4n) is 8.03. The van der Waals surface area contributed by atoms with Gasteiger partial charge in [-0.15, -0.1) is 0 Å². The maximum atomic E-state index is 14.6. The third kappa shape index (κ3) is 7.19. The lowest BCUT2D eigenvalue weighted by atomic mass is 9.73. The van der Waals surface area contributed by atoms with Gasteiger partial charge >= 0.3 is 11.8 Å². The number of benzene rings is 3. The second-order valence-corrected chi connectivity index (χ2v) is 15.7. The van der Waals surface area contributed by atoms with Gasteiger partial charge in [0, 0.05) is 49.3 Å². The van der Waals surface area contributed by atoms with Gasteiger partial charge in [0.2, 0.25) is 5.43 Å². The summed E-state index contributed by atoms with van der Waals surface area (Å²) in [4.78, 5) is 59.9. The van der Waals surface area contributed by atoms with Crippen molar-refractivity contribution in [3.8, 4) is 28.7 Å². The zero-order chi connectivity index (χ0) is 42.5. The number of allylic oxidation sites excluding steroid dienone is 2. The molecule has 6 rings (SSSR count). The summed E-state index contributed by atoms with van der Waals surface area (Å²) in [6.07, 6.45) is 5.60. The average Bonchev–Trinajstić information content (AvgIpc) is 3.45. The third-order valence-corrected chi connectivity index (χ3v) is 11.9.